The summed E-state index contributed by atoms with van der Waals surface area (Å²) in [5.41, 5.74) is 1.28. The molecule has 0 spiro atoms. The minimum atomic E-state index is -0.211. The van der Waals surface area contributed by atoms with Gasteiger partial charge >= 0.3 is 0 Å². The first kappa shape index (κ1) is 10.8. The molecule has 0 bridgehead atoms. The highest BCUT2D eigenvalue weighted by Gasteiger charge is 2.12. The molecular weight excluding hydrogens is 230 g/mol. The number of rotatable bonds is 2. The number of benzene rings is 1. The second-order valence-corrected chi connectivity index (χ2v) is 3.72. The van der Waals surface area contributed by atoms with E-state index in [0.717, 1.165) is 5.56 Å². The van der Waals surface area contributed by atoms with Crippen LogP contribution >= 0.6 is 34.8 Å². The molecule has 0 N–H and O–H groups in total. The van der Waals surface area contributed by atoms with Crippen LogP contribution in [-0.2, 0) is 0 Å². The predicted octanol–water partition coefficient (Wildman–Crippen LogP) is 3.72. The Morgan fingerprint density at radius 1 is 1.38 bits per heavy atom. The maximum absolute atomic E-state index is 11.3. The Morgan fingerprint density at radius 2 is 2.00 bits per heavy atom. The predicted molar refractivity (Wildman–Crippen MR) is 56.2 cm³/mol. The number of ketones is 1. The van der Waals surface area contributed by atoms with Gasteiger partial charge in [0, 0.05) is 5.56 Å². The number of aryl methyl sites for hydroxylation is 1. The first-order valence-electron chi connectivity index (χ1n) is 3.61. The maximum atomic E-state index is 11.3. The van der Waals surface area contributed by atoms with Gasteiger partial charge in [-0.25, -0.2) is 0 Å². The Bertz CT molecular complexity index is 347. The van der Waals surface area contributed by atoms with Crippen molar-refractivity contribution < 1.29 is 4.79 Å². The third kappa shape index (κ3) is 2.37. The van der Waals surface area contributed by atoms with E-state index in [4.69, 9.17) is 34.8 Å². The Labute approximate surface area is 91.6 Å². The van der Waals surface area contributed by atoms with Crippen molar-refractivity contribution >= 4 is 40.6 Å². The van der Waals surface area contributed by atoms with Crippen molar-refractivity contribution in [2.24, 2.45) is 0 Å². The van der Waals surface area contributed by atoms with Crippen LogP contribution in [0.15, 0.2) is 12.1 Å². The maximum Gasteiger partial charge on any atom is 0.179 e. The fourth-order valence-corrected chi connectivity index (χ4v) is 1.63. The van der Waals surface area contributed by atoms with E-state index in [0.29, 0.717) is 10.6 Å². The molecule has 0 saturated heterocycles. The number of carbonyl (C=O) groups is 1. The van der Waals surface area contributed by atoms with Crippen molar-refractivity contribution in [2.45, 2.75) is 6.92 Å². The van der Waals surface area contributed by atoms with Gasteiger partial charge in [0.1, 0.15) is 0 Å². The standard InChI is InChI=1S/C9H7Cl3O/c1-5-2-6(8(13)4-10)9(12)7(11)3-5/h2-3H,4H2,1H3. The van der Waals surface area contributed by atoms with Crippen LogP contribution in [0.2, 0.25) is 10.0 Å². The molecule has 0 unspecified atom stereocenters. The van der Waals surface area contributed by atoms with E-state index in [9.17, 15) is 4.79 Å². The molecule has 1 aromatic carbocycles. The molecule has 0 heterocycles. The lowest BCUT2D eigenvalue weighted by Crippen LogP contribution is -2.01. The van der Waals surface area contributed by atoms with Crippen molar-refractivity contribution in [1.82, 2.24) is 0 Å². The number of carbonyl (C=O) groups excluding carboxylic acids is 1. The van der Waals surface area contributed by atoms with Crippen LogP contribution in [0.3, 0.4) is 0 Å². The van der Waals surface area contributed by atoms with Crippen molar-refractivity contribution in [3.8, 4) is 0 Å². The number of halogens is 3. The van der Waals surface area contributed by atoms with Crippen LogP contribution in [0.1, 0.15) is 15.9 Å². The summed E-state index contributed by atoms with van der Waals surface area (Å²) >= 11 is 17.0. The van der Waals surface area contributed by atoms with Crippen LogP contribution in [0.25, 0.3) is 0 Å². The summed E-state index contributed by atoms with van der Waals surface area (Å²) in [5.74, 6) is -0.295. The van der Waals surface area contributed by atoms with Gasteiger partial charge in [0.05, 0.1) is 15.9 Å². The van der Waals surface area contributed by atoms with Crippen LogP contribution in [-0.4, -0.2) is 11.7 Å². The molecule has 0 radical (unpaired) electrons. The molecule has 13 heavy (non-hydrogen) atoms. The molecule has 0 saturated carbocycles. The number of alkyl halides is 1. The third-order valence-corrected chi connectivity index (χ3v) is 2.64. The van der Waals surface area contributed by atoms with Crippen molar-refractivity contribution in [2.75, 3.05) is 5.88 Å². The quantitative estimate of drug-likeness (QED) is 0.566. The lowest BCUT2D eigenvalue weighted by Gasteiger charge is -2.04. The fourth-order valence-electron chi connectivity index (χ4n) is 0.999. The Hall–Kier alpha value is -0.240. The van der Waals surface area contributed by atoms with Gasteiger partial charge in [-0.2, -0.15) is 0 Å². The monoisotopic (exact) mass is 236 g/mol. The Kier molecular flexibility index (Phi) is 3.60. The van der Waals surface area contributed by atoms with Crippen molar-refractivity contribution in [1.29, 1.82) is 0 Å². The molecular formula is C9H7Cl3O. The molecule has 0 aliphatic heterocycles. The second kappa shape index (κ2) is 4.32. The fraction of sp³-hybridized carbons (Fsp3) is 0.222. The third-order valence-electron chi connectivity index (χ3n) is 1.59. The molecule has 0 aliphatic rings. The molecule has 0 aromatic heterocycles. The highest BCUT2D eigenvalue weighted by atomic mass is 35.5. The molecule has 70 valence electrons. The van der Waals surface area contributed by atoms with E-state index in [1.807, 2.05) is 6.92 Å². The van der Waals surface area contributed by atoms with Crippen LogP contribution in [0, 0.1) is 6.92 Å². The Morgan fingerprint density at radius 3 is 2.54 bits per heavy atom. The van der Waals surface area contributed by atoms with Crippen molar-refractivity contribution in [3.05, 3.63) is 33.3 Å². The summed E-state index contributed by atoms with van der Waals surface area (Å²) in [7, 11) is 0. The largest absolute Gasteiger partial charge is 0.293 e. The second-order valence-electron chi connectivity index (χ2n) is 2.67. The smallest absolute Gasteiger partial charge is 0.179 e. The van der Waals surface area contributed by atoms with E-state index in [1.54, 1.807) is 12.1 Å². The number of Topliss-reactive ketones (excluding diaryl/α,β-unsaturated/α-hetero) is 1. The average molecular weight is 238 g/mol. The highest BCUT2D eigenvalue weighted by Crippen LogP contribution is 2.27. The summed E-state index contributed by atoms with van der Waals surface area (Å²) in [6.07, 6.45) is 0. The minimum absolute atomic E-state index is 0.0838. The van der Waals surface area contributed by atoms with E-state index in [2.05, 4.69) is 0 Å². The number of hydrogen-bond acceptors (Lipinski definition) is 1. The zero-order valence-corrected chi connectivity index (χ0v) is 9.17. The molecule has 0 aliphatic carbocycles. The van der Waals surface area contributed by atoms with E-state index in [1.165, 1.54) is 0 Å². The zero-order valence-electron chi connectivity index (χ0n) is 6.90. The van der Waals surface area contributed by atoms with Gasteiger partial charge in [-0.3, -0.25) is 4.79 Å². The van der Waals surface area contributed by atoms with Crippen LogP contribution in [0.5, 0.6) is 0 Å². The lowest BCUT2D eigenvalue weighted by molar-refractivity contribution is 0.102. The summed E-state index contributed by atoms with van der Waals surface area (Å²) in [4.78, 5) is 11.3. The summed E-state index contributed by atoms with van der Waals surface area (Å²) in [6.45, 7) is 1.84. The minimum Gasteiger partial charge on any atom is -0.293 e. The molecule has 1 nitrogen and oxygen atoms in total. The summed E-state index contributed by atoms with van der Waals surface area (Å²) < 4.78 is 0. The van der Waals surface area contributed by atoms with Crippen molar-refractivity contribution in [3.63, 3.8) is 0 Å². The van der Waals surface area contributed by atoms with Crippen LogP contribution in [0.4, 0.5) is 0 Å². The van der Waals surface area contributed by atoms with Gasteiger partial charge < -0.3 is 0 Å². The zero-order chi connectivity index (χ0) is 10.0. The molecule has 1 rings (SSSR count). The average Bonchev–Trinajstić information content (AvgIpc) is 2.10. The van der Waals surface area contributed by atoms with Gasteiger partial charge in [-0.15, -0.1) is 11.6 Å². The first-order chi connectivity index (χ1) is 6.06. The van der Waals surface area contributed by atoms with Gasteiger partial charge in [-0.05, 0) is 24.6 Å². The van der Waals surface area contributed by atoms with Gasteiger partial charge in [0.25, 0.3) is 0 Å². The van der Waals surface area contributed by atoms with E-state index >= 15 is 0 Å². The molecule has 1 aromatic rings. The topological polar surface area (TPSA) is 17.1 Å². The molecule has 0 fully saturated rings. The van der Waals surface area contributed by atoms with E-state index < -0.39 is 0 Å². The summed E-state index contributed by atoms with van der Waals surface area (Å²) in [6, 6.07) is 3.38. The van der Waals surface area contributed by atoms with E-state index in [-0.39, 0.29) is 16.7 Å². The van der Waals surface area contributed by atoms with Gasteiger partial charge in [-0.1, -0.05) is 23.2 Å². The highest BCUT2D eigenvalue weighted by molar-refractivity contribution is 6.45. The lowest BCUT2D eigenvalue weighted by atomic mass is 10.1. The molecule has 0 atom stereocenters. The van der Waals surface area contributed by atoms with Gasteiger partial charge in [0.15, 0.2) is 5.78 Å². The summed E-state index contributed by atoms with van der Waals surface area (Å²) in [5, 5.41) is 0.660. The number of hydrogen-bond donors (Lipinski definition) is 0. The Balaban J connectivity index is 3.28. The first-order valence-corrected chi connectivity index (χ1v) is 4.90. The molecule has 0 amide bonds. The normalized spacial score (nSPS) is 10.2. The molecule has 4 heteroatoms. The van der Waals surface area contributed by atoms with Gasteiger partial charge in [0.2, 0.25) is 0 Å². The van der Waals surface area contributed by atoms with Crippen LogP contribution < -0.4 is 0 Å². The SMILES string of the molecule is Cc1cc(Cl)c(Cl)c(C(=O)CCl)c1.